The number of rotatable bonds is 6. The van der Waals surface area contributed by atoms with Crippen molar-refractivity contribution in [2.75, 3.05) is 21.3 Å². The van der Waals surface area contributed by atoms with Gasteiger partial charge in [-0.05, 0) is 31.0 Å². The van der Waals surface area contributed by atoms with Gasteiger partial charge in [0, 0.05) is 0 Å². The molecular weight excluding hydrogens is 234 g/mol. The Labute approximate surface area is 106 Å². The second kappa shape index (κ2) is 6.67. The molecule has 1 aromatic carbocycles. The highest BCUT2D eigenvalue weighted by molar-refractivity contribution is 5.54. The number of carbonyl (C=O) groups excluding carboxylic acids is 1. The topological polar surface area (TPSA) is 57.1 Å². The van der Waals surface area contributed by atoms with Gasteiger partial charge in [-0.15, -0.1) is 0 Å². The number of aliphatic imine (C=N–C) groups is 1. The molecule has 0 radical (unpaired) electrons. The molecule has 0 saturated heterocycles. The summed E-state index contributed by atoms with van der Waals surface area (Å²) < 4.78 is 15.7. The van der Waals surface area contributed by atoms with Crippen LogP contribution in [0.15, 0.2) is 17.1 Å². The molecule has 0 saturated carbocycles. The van der Waals surface area contributed by atoms with E-state index in [0.29, 0.717) is 23.7 Å². The minimum absolute atomic E-state index is 0.134. The Kier molecular flexibility index (Phi) is 5.21. The van der Waals surface area contributed by atoms with Gasteiger partial charge >= 0.3 is 0 Å². The zero-order valence-corrected chi connectivity index (χ0v) is 11.0. The molecule has 1 rings (SSSR count). The zero-order valence-electron chi connectivity index (χ0n) is 11.0. The van der Waals surface area contributed by atoms with E-state index < -0.39 is 0 Å². The van der Waals surface area contributed by atoms with Gasteiger partial charge in [0.25, 0.3) is 0 Å². The number of benzene rings is 1. The van der Waals surface area contributed by atoms with Crippen LogP contribution in [0.1, 0.15) is 12.5 Å². The largest absolute Gasteiger partial charge is 0.493 e. The minimum Gasteiger partial charge on any atom is -0.493 e. The molecule has 0 amide bonds. The Morgan fingerprint density at radius 2 is 1.72 bits per heavy atom. The molecule has 0 fully saturated rings. The molecule has 0 N–H and O–H groups in total. The summed E-state index contributed by atoms with van der Waals surface area (Å²) in [5, 5.41) is 0. The summed E-state index contributed by atoms with van der Waals surface area (Å²) in [5.74, 6) is 1.73. The fourth-order valence-electron chi connectivity index (χ4n) is 1.73. The summed E-state index contributed by atoms with van der Waals surface area (Å²) in [6, 6.07) is 3.56. The van der Waals surface area contributed by atoms with E-state index >= 15 is 0 Å². The van der Waals surface area contributed by atoms with E-state index in [0.717, 1.165) is 5.56 Å². The SMILES string of the molecule is COc1cc(CC(C)N=C=O)cc(OC)c1OC. The second-order valence-corrected chi connectivity index (χ2v) is 3.81. The first-order valence-corrected chi connectivity index (χ1v) is 5.52. The summed E-state index contributed by atoms with van der Waals surface area (Å²) in [7, 11) is 4.68. The summed E-state index contributed by atoms with van der Waals surface area (Å²) in [6.45, 7) is 1.84. The van der Waals surface area contributed by atoms with Crippen molar-refractivity contribution in [1.82, 2.24) is 0 Å². The monoisotopic (exact) mass is 251 g/mol. The van der Waals surface area contributed by atoms with Crippen LogP contribution in [0.5, 0.6) is 17.2 Å². The predicted octanol–water partition coefficient (Wildman–Crippen LogP) is 1.98. The summed E-state index contributed by atoms with van der Waals surface area (Å²) >= 11 is 0. The highest BCUT2D eigenvalue weighted by atomic mass is 16.5. The Morgan fingerprint density at radius 1 is 1.17 bits per heavy atom. The van der Waals surface area contributed by atoms with Gasteiger partial charge in [0.15, 0.2) is 11.5 Å². The number of hydrogen-bond donors (Lipinski definition) is 0. The second-order valence-electron chi connectivity index (χ2n) is 3.81. The first kappa shape index (κ1) is 14.1. The van der Waals surface area contributed by atoms with Crippen molar-refractivity contribution >= 4 is 6.08 Å². The number of nitrogens with zero attached hydrogens (tertiary/aromatic N) is 1. The minimum atomic E-state index is -0.134. The number of methoxy groups -OCH3 is 3. The van der Waals surface area contributed by atoms with Gasteiger partial charge in [-0.1, -0.05) is 0 Å². The normalized spacial score (nSPS) is 11.3. The van der Waals surface area contributed by atoms with E-state index in [4.69, 9.17) is 14.2 Å². The van der Waals surface area contributed by atoms with Crippen LogP contribution < -0.4 is 14.2 Å². The summed E-state index contributed by atoms with van der Waals surface area (Å²) in [5.41, 5.74) is 0.955. The van der Waals surface area contributed by atoms with E-state index in [1.54, 1.807) is 27.4 Å². The molecule has 0 aromatic heterocycles. The fraction of sp³-hybridized carbons (Fsp3) is 0.462. The van der Waals surface area contributed by atoms with Crippen LogP contribution in [0.4, 0.5) is 0 Å². The van der Waals surface area contributed by atoms with Crippen LogP contribution >= 0.6 is 0 Å². The third-order valence-electron chi connectivity index (χ3n) is 2.53. The third-order valence-corrected chi connectivity index (χ3v) is 2.53. The molecule has 5 heteroatoms. The molecule has 5 nitrogen and oxygen atoms in total. The zero-order chi connectivity index (χ0) is 13.5. The Morgan fingerprint density at radius 3 is 2.11 bits per heavy atom. The summed E-state index contributed by atoms with van der Waals surface area (Å²) in [4.78, 5) is 13.8. The van der Waals surface area contributed by atoms with Crippen molar-refractivity contribution in [2.45, 2.75) is 19.4 Å². The number of ether oxygens (including phenoxy) is 3. The average molecular weight is 251 g/mol. The first-order chi connectivity index (χ1) is 8.65. The average Bonchev–Trinajstić information content (AvgIpc) is 2.37. The van der Waals surface area contributed by atoms with Crippen LogP contribution in [0.3, 0.4) is 0 Å². The molecule has 0 spiro atoms. The van der Waals surface area contributed by atoms with E-state index in [1.807, 2.05) is 19.1 Å². The smallest absolute Gasteiger partial charge is 0.235 e. The standard InChI is InChI=1S/C13H17NO4/c1-9(14-8-15)5-10-6-11(16-2)13(18-4)12(7-10)17-3/h6-7,9H,5H2,1-4H3. The molecule has 18 heavy (non-hydrogen) atoms. The van der Waals surface area contributed by atoms with Gasteiger partial charge in [-0.3, -0.25) is 0 Å². The van der Waals surface area contributed by atoms with Gasteiger partial charge in [0.1, 0.15) is 0 Å². The third kappa shape index (κ3) is 3.25. The Balaban J connectivity index is 3.10. The van der Waals surface area contributed by atoms with Crippen LogP contribution in [0.25, 0.3) is 0 Å². The lowest BCUT2D eigenvalue weighted by Gasteiger charge is -2.14. The molecular formula is C13H17NO4. The highest BCUT2D eigenvalue weighted by Crippen LogP contribution is 2.38. The van der Waals surface area contributed by atoms with Gasteiger partial charge in [-0.25, -0.2) is 9.79 Å². The molecule has 0 aliphatic carbocycles. The Bertz CT molecular complexity index is 427. The van der Waals surface area contributed by atoms with E-state index in [9.17, 15) is 4.79 Å². The molecule has 0 aliphatic heterocycles. The molecule has 0 bridgehead atoms. The van der Waals surface area contributed by atoms with Gasteiger partial charge in [0.05, 0.1) is 27.4 Å². The lowest BCUT2D eigenvalue weighted by atomic mass is 10.1. The molecule has 1 atom stereocenters. The molecule has 0 heterocycles. The van der Waals surface area contributed by atoms with Gasteiger partial charge in [-0.2, -0.15) is 0 Å². The van der Waals surface area contributed by atoms with Crippen molar-refractivity contribution in [3.05, 3.63) is 17.7 Å². The maximum atomic E-state index is 10.2. The van der Waals surface area contributed by atoms with Crippen molar-refractivity contribution in [2.24, 2.45) is 4.99 Å². The fourth-order valence-corrected chi connectivity index (χ4v) is 1.73. The highest BCUT2D eigenvalue weighted by Gasteiger charge is 2.14. The van der Waals surface area contributed by atoms with Crippen LogP contribution in [-0.4, -0.2) is 33.5 Å². The van der Waals surface area contributed by atoms with Gasteiger partial charge < -0.3 is 14.2 Å². The maximum absolute atomic E-state index is 10.2. The quantitative estimate of drug-likeness (QED) is 0.573. The molecule has 98 valence electrons. The van der Waals surface area contributed by atoms with Crippen molar-refractivity contribution < 1.29 is 19.0 Å². The number of hydrogen-bond acceptors (Lipinski definition) is 5. The van der Waals surface area contributed by atoms with E-state index in [2.05, 4.69) is 4.99 Å². The predicted molar refractivity (Wildman–Crippen MR) is 67.4 cm³/mol. The van der Waals surface area contributed by atoms with Crippen molar-refractivity contribution in [3.8, 4) is 17.2 Å². The maximum Gasteiger partial charge on any atom is 0.235 e. The van der Waals surface area contributed by atoms with Crippen LogP contribution in [-0.2, 0) is 11.2 Å². The van der Waals surface area contributed by atoms with Crippen molar-refractivity contribution in [3.63, 3.8) is 0 Å². The Hall–Kier alpha value is -2.00. The lowest BCUT2D eigenvalue weighted by molar-refractivity contribution is 0.323. The van der Waals surface area contributed by atoms with Crippen LogP contribution in [0.2, 0.25) is 0 Å². The van der Waals surface area contributed by atoms with E-state index in [-0.39, 0.29) is 6.04 Å². The molecule has 0 aliphatic rings. The van der Waals surface area contributed by atoms with Gasteiger partial charge in [0.2, 0.25) is 11.8 Å². The number of isocyanates is 1. The van der Waals surface area contributed by atoms with Crippen LogP contribution in [0, 0.1) is 0 Å². The summed E-state index contributed by atoms with van der Waals surface area (Å²) in [6.07, 6.45) is 2.16. The molecule has 1 unspecified atom stereocenters. The van der Waals surface area contributed by atoms with Crippen molar-refractivity contribution in [1.29, 1.82) is 0 Å². The van der Waals surface area contributed by atoms with E-state index in [1.165, 1.54) is 0 Å². The molecule has 1 aromatic rings. The lowest BCUT2D eigenvalue weighted by Crippen LogP contribution is -2.04. The first-order valence-electron chi connectivity index (χ1n) is 5.52.